The van der Waals surface area contributed by atoms with Gasteiger partial charge in [-0.15, -0.1) is 8.58 Å². The number of rotatable bonds is 6. The van der Waals surface area contributed by atoms with Crippen LogP contribution < -0.4 is 10.6 Å². The minimum atomic E-state index is -0.454. The van der Waals surface area contributed by atoms with Crippen LogP contribution in [-0.4, -0.2) is 11.8 Å². The topological polar surface area (TPSA) is 0 Å². The Labute approximate surface area is 211 Å². The Bertz CT molecular complexity index is 678. The van der Waals surface area contributed by atoms with Gasteiger partial charge in [-0.05, 0) is 100 Å². The molecule has 0 aromatic heterocycles. The molecule has 10 radical (unpaired) electrons. The minimum Gasteiger partial charge on any atom is -0.118 e. The van der Waals surface area contributed by atoms with E-state index in [1.807, 2.05) is 32.1 Å². The zero-order chi connectivity index (χ0) is 21.1. The molecule has 1 atom stereocenters. The van der Waals surface area contributed by atoms with E-state index in [-0.39, 0.29) is 17.1 Å². The summed E-state index contributed by atoms with van der Waals surface area (Å²) in [6.07, 6.45) is 25.6. The molecule has 0 amide bonds. The fourth-order valence-corrected chi connectivity index (χ4v) is 8.53. The quantitative estimate of drug-likeness (QED) is 0.301. The van der Waals surface area contributed by atoms with Crippen LogP contribution in [0, 0.1) is 62.9 Å². The number of hydrogen-bond acceptors (Lipinski definition) is 0. The van der Waals surface area contributed by atoms with Gasteiger partial charge in [0.2, 0.25) is 0 Å². The second-order valence-electron chi connectivity index (χ2n) is 8.12. The molecule has 0 N–H and O–H groups in total. The Kier molecular flexibility index (Phi) is 12.3. The van der Waals surface area contributed by atoms with Crippen LogP contribution in [0.4, 0.5) is 0 Å². The molecule has 0 heterocycles. The minimum absolute atomic E-state index is 0. The summed E-state index contributed by atoms with van der Waals surface area (Å²) in [6.45, 7) is 0. The van der Waals surface area contributed by atoms with Gasteiger partial charge in [0.1, 0.15) is 0 Å². The summed E-state index contributed by atoms with van der Waals surface area (Å²) < 4.78 is 0. The van der Waals surface area contributed by atoms with Crippen LogP contribution in [0.25, 0.3) is 0 Å². The Morgan fingerprint density at radius 2 is 1.19 bits per heavy atom. The number of hydrogen-bond donors (Lipinski definition) is 0. The SMILES string of the molecule is [CH]1[CH][CH][CH][CH]1.[CH]1[CH][C](CPC2CCCCC2)[C](P(c2ccccc2)c2ccccc2)[CH]1.[Fe+2]. The first-order valence-corrected chi connectivity index (χ1v) is 14.1. The predicted molar refractivity (Wildman–Crippen MR) is 140 cm³/mol. The molecule has 3 heteroatoms. The maximum atomic E-state index is 2.38. The summed E-state index contributed by atoms with van der Waals surface area (Å²) in [7, 11) is 0.636. The van der Waals surface area contributed by atoms with E-state index in [0.717, 1.165) is 14.2 Å². The molecule has 3 aliphatic carbocycles. The number of benzene rings is 2. The zero-order valence-corrected chi connectivity index (χ0v) is 21.5. The third-order valence-electron chi connectivity index (χ3n) is 5.89. The van der Waals surface area contributed by atoms with Crippen molar-refractivity contribution in [1.29, 1.82) is 0 Å². The average Bonchev–Trinajstić information content (AvgIpc) is 3.56. The first-order chi connectivity index (χ1) is 15.4. The van der Waals surface area contributed by atoms with Gasteiger partial charge < -0.3 is 0 Å². The fourth-order valence-electron chi connectivity index (χ4n) is 4.28. The first kappa shape index (κ1) is 26.4. The van der Waals surface area contributed by atoms with Crippen molar-refractivity contribution in [2.45, 2.75) is 37.8 Å². The summed E-state index contributed by atoms with van der Waals surface area (Å²) in [5.74, 6) is 1.59. The van der Waals surface area contributed by atoms with Gasteiger partial charge in [-0.25, -0.2) is 0 Å². The van der Waals surface area contributed by atoms with Crippen molar-refractivity contribution in [3.63, 3.8) is 0 Å². The van der Waals surface area contributed by atoms with Crippen LogP contribution in [-0.2, 0) is 17.1 Å². The molecule has 3 saturated carbocycles. The van der Waals surface area contributed by atoms with E-state index >= 15 is 0 Å². The van der Waals surface area contributed by atoms with E-state index in [4.69, 9.17) is 0 Å². The van der Waals surface area contributed by atoms with Crippen LogP contribution in [0.3, 0.4) is 0 Å². The van der Waals surface area contributed by atoms with Crippen molar-refractivity contribution in [1.82, 2.24) is 0 Å². The monoisotopic (exact) mass is 498 g/mol. The molecule has 0 bridgehead atoms. The van der Waals surface area contributed by atoms with Crippen LogP contribution in [0.2, 0.25) is 0 Å². The molecular formula is C29H32FeP2+2. The molecule has 2 aromatic carbocycles. The van der Waals surface area contributed by atoms with Gasteiger partial charge in [-0.3, -0.25) is 0 Å². The van der Waals surface area contributed by atoms with E-state index in [9.17, 15) is 0 Å². The third-order valence-corrected chi connectivity index (χ3v) is 10.2. The first-order valence-electron chi connectivity index (χ1n) is 11.5. The second kappa shape index (κ2) is 14.9. The van der Waals surface area contributed by atoms with Crippen molar-refractivity contribution in [3.05, 3.63) is 124 Å². The Morgan fingerprint density at radius 1 is 0.656 bits per heavy atom. The molecule has 32 heavy (non-hydrogen) atoms. The summed E-state index contributed by atoms with van der Waals surface area (Å²) in [5.41, 5.74) is 2.55. The van der Waals surface area contributed by atoms with Crippen LogP contribution in [0.15, 0.2) is 60.7 Å². The van der Waals surface area contributed by atoms with Gasteiger partial charge in [0.05, 0.1) is 0 Å². The summed E-state index contributed by atoms with van der Waals surface area (Å²) in [6, 6.07) is 22.2. The van der Waals surface area contributed by atoms with Crippen molar-refractivity contribution in [2.24, 2.45) is 0 Å². The van der Waals surface area contributed by atoms with Gasteiger partial charge in [0.15, 0.2) is 0 Å². The van der Waals surface area contributed by atoms with Crippen molar-refractivity contribution in [3.8, 4) is 0 Å². The van der Waals surface area contributed by atoms with Crippen molar-refractivity contribution < 1.29 is 17.1 Å². The van der Waals surface area contributed by atoms with Crippen LogP contribution in [0.5, 0.6) is 0 Å². The second-order valence-corrected chi connectivity index (χ2v) is 11.9. The Hall–Kier alpha value is -0.181. The van der Waals surface area contributed by atoms with Crippen molar-refractivity contribution in [2.75, 3.05) is 6.16 Å². The molecule has 0 saturated heterocycles. The third kappa shape index (κ3) is 7.95. The van der Waals surface area contributed by atoms with Crippen LogP contribution >= 0.6 is 16.5 Å². The van der Waals surface area contributed by atoms with E-state index in [1.54, 1.807) is 11.6 Å². The normalized spacial score (nSPS) is 20.4. The average molecular weight is 498 g/mol. The van der Waals surface area contributed by atoms with Gasteiger partial charge >= 0.3 is 17.1 Å². The van der Waals surface area contributed by atoms with E-state index in [2.05, 4.69) is 79.9 Å². The Morgan fingerprint density at radius 3 is 1.72 bits per heavy atom. The zero-order valence-electron chi connectivity index (χ0n) is 18.5. The maximum absolute atomic E-state index is 2.38. The van der Waals surface area contributed by atoms with Gasteiger partial charge in [0, 0.05) is 5.66 Å². The molecular weight excluding hydrogens is 466 g/mol. The molecule has 5 rings (SSSR count). The summed E-state index contributed by atoms with van der Waals surface area (Å²) in [4.78, 5) is 0. The van der Waals surface area contributed by atoms with Gasteiger partial charge in [-0.2, -0.15) is 0 Å². The molecule has 3 fully saturated rings. The van der Waals surface area contributed by atoms with E-state index < -0.39 is 7.92 Å². The predicted octanol–water partition coefficient (Wildman–Crippen LogP) is 6.88. The van der Waals surface area contributed by atoms with Gasteiger partial charge in [0.25, 0.3) is 0 Å². The van der Waals surface area contributed by atoms with Gasteiger partial charge in [-0.1, -0.05) is 79.9 Å². The molecule has 164 valence electrons. The van der Waals surface area contributed by atoms with E-state index in [1.165, 1.54) is 48.9 Å². The largest absolute Gasteiger partial charge is 2.00 e. The molecule has 1 unspecified atom stereocenters. The molecule has 2 aromatic rings. The standard InChI is InChI=1S/C24H27P2.C5H5.Fe/c1-4-12-21(13-5-1)25-19-20-11-10-18-24(20)26(22-14-6-2-7-15-22)23-16-8-3-9-17-23;1-2-4-5-3-1;/h2-3,6-11,14-18,21,25H,1,4-5,12-13,19H2;1-5H;/q;;+2. The Balaban J connectivity index is 0.000000427. The summed E-state index contributed by atoms with van der Waals surface area (Å²) in [5, 5.41) is 2.92. The molecule has 0 spiro atoms. The van der Waals surface area contributed by atoms with Crippen LogP contribution in [0.1, 0.15) is 32.1 Å². The smallest absolute Gasteiger partial charge is 0.118 e. The summed E-state index contributed by atoms with van der Waals surface area (Å²) >= 11 is 0. The molecule has 0 nitrogen and oxygen atoms in total. The maximum Gasteiger partial charge on any atom is 2.00 e. The fraction of sp³-hybridized carbons (Fsp3) is 0.241. The van der Waals surface area contributed by atoms with Crippen molar-refractivity contribution >= 4 is 27.1 Å². The molecule has 0 aliphatic heterocycles. The van der Waals surface area contributed by atoms with E-state index in [0.29, 0.717) is 0 Å². The molecule has 3 aliphatic rings.